The molecule has 14 heavy (non-hydrogen) atoms. The second kappa shape index (κ2) is 3.15. The highest BCUT2D eigenvalue weighted by molar-refractivity contribution is 5.07. The topological polar surface area (TPSA) is 84.2 Å². The largest absolute Gasteiger partial charge is 0.389 e. The highest BCUT2D eigenvalue weighted by Crippen LogP contribution is 2.35. The quantitative estimate of drug-likeness (QED) is 0.363. The van der Waals surface area contributed by atoms with E-state index in [1.54, 1.807) is 6.92 Å². The fourth-order valence-electron chi connectivity index (χ4n) is 2.60. The zero-order valence-electron chi connectivity index (χ0n) is 8.17. The van der Waals surface area contributed by atoms with E-state index in [1.807, 2.05) is 4.90 Å². The van der Waals surface area contributed by atoms with Crippen LogP contribution in [0.1, 0.15) is 13.3 Å². The highest BCUT2D eigenvalue weighted by atomic mass is 16.4. The summed E-state index contributed by atoms with van der Waals surface area (Å²) in [6.07, 6.45) is -2.58. The normalized spacial score (nSPS) is 54.6. The van der Waals surface area contributed by atoms with Gasteiger partial charge in [0.05, 0.1) is 17.7 Å². The lowest BCUT2D eigenvalue weighted by atomic mass is 9.86. The van der Waals surface area contributed by atoms with Gasteiger partial charge in [0.25, 0.3) is 0 Å². The molecule has 0 bridgehead atoms. The van der Waals surface area contributed by atoms with Gasteiger partial charge in [0.2, 0.25) is 0 Å². The molecule has 0 aromatic heterocycles. The Hall–Kier alpha value is -0.200. The number of rotatable bonds is 0. The molecule has 0 saturated carbocycles. The monoisotopic (exact) mass is 203 g/mol. The molecule has 0 amide bonds. The van der Waals surface area contributed by atoms with E-state index in [9.17, 15) is 20.4 Å². The van der Waals surface area contributed by atoms with Crippen molar-refractivity contribution in [3.63, 3.8) is 0 Å². The van der Waals surface area contributed by atoms with Crippen molar-refractivity contribution in [1.82, 2.24) is 4.90 Å². The van der Waals surface area contributed by atoms with E-state index in [4.69, 9.17) is 0 Å². The van der Waals surface area contributed by atoms with Crippen molar-refractivity contribution in [3.8, 4) is 0 Å². The molecule has 2 fully saturated rings. The molecule has 82 valence electrons. The smallest absolute Gasteiger partial charge is 0.109 e. The van der Waals surface area contributed by atoms with Gasteiger partial charge in [-0.25, -0.2) is 0 Å². The zero-order chi connectivity index (χ0) is 10.5. The molecule has 0 aromatic rings. The fourth-order valence-corrected chi connectivity index (χ4v) is 2.60. The van der Waals surface area contributed by atoms with Crippen molar-refractivity contribution >= 4 is 0 Å². The standard InChI is InChI=1S/C9H17NO4/c1-9(14)2-3-10-4-5(11)6(12)7(13)8(9)10/h5-8,11-14H,2-4H2,1H3/t5-,6+,7-,8-,9-/m0/s1. The summed E-state index contributed by atoms with van der Waals surface area (Å²) in [5.74, 6) is 0. The van der Waals surface area contributed by atoms with Gasteiger partial charge in [0.15, 0.2) is 0 Å². The summed E-state index contributed by atoms with van der Waals surface area (Å²) in [7, 11) is 0. The van der Waals surface area contributed by atoms with Gasteiger partial charge in [-0.15, -0.1) is 0 Å². The van der Waals surface area contributed by atoms with Crippen molar-refractivity contribution in [3.05, 3.63) is 0 Å². The van der Waals surface area contributed by atoms with Crippen molar-refractivity contribution in [2.75, 3.05) is 13.1 Å². The molecule has 2 aliphatic rings. The highest BCUT2D eigenvalue weighted by Gasteiger charge is 2.53. The summed E-state index contributed by atoms with van der Waals surface area (Å²) in [6.45, 7) is 2.63. The van der Waals surface area contributed by atoms with Gasteiger partial charge in [0, 0.05) is 13.1 Å². The minimum Gasteiger partial charge on any atom is -0.389 e. The Balaban J connectivity index is 2.22. The molecule has 2 saturated heterocycles. The van der Waals surface area contributed by atoms with Crippen LogP contribution in [0.4, 0.5) is 0 Å². The minimum absolute atomic E-state index is 0.318. The van der Waals surface area contributed by atoms with E-state index < -0.39 is 30.0 Å². The number of nitrogens with zero attached hydrogens (tertiary/aromatic N) is 1. The zero-order valence-corrected chi connectivity index (χ0v) is 8.17. The average molecular weight is 203 g/mol. The lowest BCUT2D eigenvalue weighted by Crippen LogP contribution is -2.63. The number of aliphatic hydroxyl groups is 4. The van der Waals surface area contributed by atoms with Crippen LogP contribution in [0.3, 0.4) is 0 Å². The molecule has 5 heteroatoms. The van der Waals surface area contributed by atoms with Gasteiger partial charge in [-0.1, -0.05) is 0 Å². The summed E-state index contributed by atoms with van der Waals surface area (Å²) in [5, 5.41) is 38.6. The Bertz CT molecular complexity index is 233. The second-order valence-electron chi connectivity index (χ2n) is 4.60. The van der Waals surface area contributed by atoms with Crippen LogP contribution in [0, 0.1) is 0 Å². The predicted molar refractivity (Wildman–Crippen MR) is 48.6 cm³/mol. The molecule has 0 radical (unpaired) electrons. The molecule has 5 atom stereocenters. The second-order valence-corrected chi connectivity index (χ2v) is 4.60. The van der Waals surface area contributed by atoms with Crippen LogP contribution >= 0.6 is 0 Å². The summed E-state index contributed by atoms with van der Waals surface area (Å²) >= 11 is 0. The van der Waals surface area contributed by atoms with Gasteiger partial charge in [-0.3, -0.25) is 4.90 Å². The molecule has 2 rings (SSSR count). The van der Waals surface area contributed by atoms with Gasteiger partial charge in [-0.05, 0) is 13.3 Å². The maximum atomic E-state index is 9.97. The third-order valence-corrected chi connectivity index (χ3v) is 3.42. The molecule has 5 nitrogen and oxygen atoms in total. The van der Waals surface area contributed by atoms with Crippen molar-refractivity contribution in [2.45, 2.75) is 43.3 Å². The summed E-state index contributed by atoms with van der Waals surface area (Å²) < 4.78 is 0. The van der Waals surface area contributed by atoms with Crippen LogP contribution in [-0.4, -0.2) is 68.4 Å². The molecular formula is C9H17NO4. The molecule has 0 aromatic carbocycles. The first-order valence-corrected chi connectivity index (χ1v) is 4.94. The molecule has 2 heterocycles. The number of aliphatic hydroxyl groups excluding tert-OH is 3. The average Bonchev–Trinajstić information content (AvgIpc) is 2.38. The third-order valence-electron chi connectivity index (χ3n) is 3.42. The Labute approximate surface area is 82.6 Å². The molecule has 0 aliphatic carbocycles. The van der Waals surface area contributed by atoms with E-state index in [0.717, 1.165) is 0 Å². The third kappa shape index (κ3) is 1.36. The van der Waals surface area contributed by atoms with Gasteiger partial charge < -0.3 is 20.4 Å². The summed E-state index contributed by atoms with van der Waals surface area (Å²) in [6, 6.07) is -0.458. The lowest BCUT2D eigenvalue weighted by molar-refractivity contribution is -0.156. The SMILES string of the molecule is C[C@]1(O)CCN2C[C@H](O)[C@@H](O)[C@H](O)[C@H]21. The van der Waals surface area contributed by atoms with Gasteiger partial charge in [0.1, 0.15) is 12.2 Å². The van der Waals surface area contributed by atoms with E-state index in [2.05, 4.69) is 0 Å². The number of fused-ring (bicyclic) bond motifs is 1. The fraction of sp³-hybridized carbons (Fsp3) is 1.00. The van der Waals surface area contributed by atoms with Crippen LogP contribution in [0.25, 0.3) is 0 Å². The maximum Gasteiger partial charge on any atom is 0.109 e. The van der Waals surface area contributed by atoms with Gasteiger partial charge >= 0.3 is 0 Å². The predicted octanol–water partition coefficient (Wildman–Crippen LogP) is -2.09. The van der Waals surface area contributed by atoms with E-state index in [0.29, 0.717) is 19.5 Å². The van der Waals surface area contributed by atoms with E-state index in [1.165, 1.54) is 0 Å². The van der Waals surface area contributed by atoms with Crippen molar-refractivity contribution < 1.29 is 20.4 Å². The number of piperidine rings is 1. The first kappa shape index (κ1) is 10.3. The van der Waals surface area contributed by atoms with E-state index in [-0.39, 0.29) is 0 Å². The Morgan fingerprint density at radius 2 is 1.86 bits per heavy atom. The molecule has 2 aliphatic heterocycles. The summed E-state index contributed by atoms with van der Waals surface area (Å²) in [4.78, 5) is 1.84. The van der Waals surface area contributed by atoms with Crippen LogP contribution < -0.4 is 0 Å². The van der Waals surface area contributed by atoms with Crippen molar-refractivity contribution in [2.24, 2.45) is 0 Å². The summed E-state index contributed by atoms with van der Waals surface area (Å²) in [5.41, 5.74) is -0.972. The number of hydrogen-bond donors (Lipinski definition) is 4. The molecular weight excluding hydrogens is 186 g/mol. The lowest BCUT2D eigenvalue weighted by Gasteiger charge is -2.43. The number of hydrogen-bond acceptors (Lipinski definition) is 5. The maximum absolute atomic E-state index is 9.97. The molecule has 4 N–H and O–H groups in total. The minimum atomic E-state index is -1.15. The first-order chi connectivity index (χ1) is 6.43. The van der Waals surface area contributed by atoms with Crippen LogP contribution in [-0.2, 0) is 0 Å². The van der Waals surface area contributed by atoms with Gasteiger partial charge in [-0.2, -0.15) is 0 Å². The van der Waals surface area contributed by atoms with Crippen molar-refractivity contribution in [1.29, 1.82) is 0 Å². The van der Waals surface area contributed by atoms with Crippen LogP contribution in [0.15, 0.2) is 0 Å². The first-order valence-electron chi connectivity index (χ1n) is 4.94. The van der Waals surface area contributed by atoms with Crippen LogP contribution in [0.5, 0.6) is 0 Å². The molecule has 0 unspecified atom stereocenters. The Morgan fingerprint density at radius 1 is 1.21 bits per heavy atom. The molecule has 0 spiro atoms. The Morgan fingerprint density at radius 3 is 2.50 bits per heavy atom. The van der Waals surface area contributed by atoms with Crippen LogP contribution in [0.2, 0.25) is 0 Å². The Kier molecular flexibility index (Phi) is 2.32. The van der Waals surface area contributed by atoms with E-state index >= 15 is 0 Å².